The number of methoxy groups -OCH3 is 1. The molecule has 1 aromatic carbocycles. The van der Waals surface area contributed by atoms with Crippen LogP contribution < -0.4 is 4.74 Å². The van der Waals surface area contributed by atoms with Crippen molar-refractivity contribution in [1.82, 2.24) is 0 Å². The Morgan fingerprint density at radius 2 is 2.33 bits per heavy atom. The van der Waals surface area contributed by atoms with Crippen molar-refractivity contribution < 1.29 is 18.7 Å². The standard InChI is InChI=1S/C11H11FO3/c1-3-6-15-11(13)9-7-8(12)4-5-10(9)14-2/h3-5,7H,1,6H2,2H3. The lowest BCUT2D eigenvalue weighted by molar-refractivity contribution is 0.0545. The van der Waals surface area contributed by atoms with Crippen LogP contribution in [0, 0.1) is 5.82 Å². The first-order valence-electron chi connectivity index (χ1n) is 4.30. The summed E-state index contributed by atoms with van der Waals surface area (Å²) in [5, 5.41) is 0. The molecule has 1 aromatic rings. The molecule has 0 amide bonds. The first-order valence-corrected chi connectivity index (χ1v) is 4.30. The molecule has 1 rings (SSSR count). The van der Waals surface area contributed by atoms with Gasteiger partial charge in [0.25, 0.3) is 0 Å². The lowest BCUT2D eigenvalue weighted by Crippen LogP contribution is -2.07. The van der Waals surface area contributed by atoms with Gasteiger partial charge in [0.05, 0.1) is 7.11 Å². The Hall–Kier alpha value is -1.84. The summed E-state index contributed by atoms with van der Waals surface area (Å²) in [7, 11) is 1.40. The zero-order chi connectivity index (χ0) is 11.3. The summed E-state index contributed by atoms with van der Waals surface area (Å²) >= 11 is 0. The van der Waals surface area contributed by atoms with Gasteiger partial charge in [0.1, 0.15) is 23.7 Å². The van der Waals surface area contributed by atoms with E-state index in [9.17, 15) is 9.18 Å². The summed E-state index contributed by atoms with van der Waals surface area (Å²) in [5.74, 6) is -0.863. The minimum Gasteiger partial charge on any atom is -0.496 e. The van der Waals surface area contributed by atoms with E-state index in [4.69, 9.17) is 9.47 Å². The van der Waals surface area contributed by atoms with E-state index in [1.807, 2.05) is 0 Å². The van der Waals surface area contributed by atoms with E-state index in [0.29, 0.717) is 0 Å². The molecular formula is C11H11FO3. The minimum atomic E-state index is -0.633. The van der Waals surface area contributed by atoms with Gasteiger partial charge in [0.2, 0.25) is 0 Å². The fourth-order valence-electron chi connectivity index (χ4n) is 1.05. The Bertz CT molecular complexity index is 374. The second-order valence-electron chi connectivity index (χ2n) is 2.73. The maximum absolute atomic E-state index is 12.9. The molecule has 3 nitrogen and oxygen atoms in total. The molecule has 0 atom stereocenters. The van der Waals surface area contributed by atoms with E-state index < -0.39 is 11.8 Å². The van der Waals surface area contributed by atoms with Gasteiger partial charge in [0.15, 0.2) is 0 Å². The average molecular weight is 210 g/mol. The predicted molar refractivity (Wildman–Crippen MR) is 53.4 cm³/mol. The SMILES string of the molecule is C=CCOC(=O)c1cc(F)ccc1OC. The Balaban J connectivity index is 2.94. The topological polar surface area (TPSA) is 35.5 Å². The molecule has 0 aliphatic rings. The summed E-state index contributed by atoms with van der Waals surface area (Å²) < 4.78 is 22.6. The lowest BCUT2D eigenvalue weighted by atomic mass is 10.2. The van der Waals surface area contributed by atoms with E-state index in [1.165, 1.54) is 25.3 Å². The van der Waals surface area contributed by atoms with E-state index in [1.54, 1.807) is 0 Å². The Morgan fingerprint density at radius 3 is 2.93 bits per heavy atom. The Kier molecular flexibility index (Phi) is 3.85. The van der Waals surface area contributed by atoms with Crippen molar-refractivity contribution >= 4 is 5.97 Å². The zero-order valence-electron chi connectivity index (χ0n) is 8.33. The summed E-state index contributed by atoms with van der Waals surface area (Å²) in [6.07, 6.45) is 1.43. The molecule has 0 unspecified atom stereocenters. The highest BCUT2D eigenvalue weighted by Crippen LogP contribution is 2.20. The van der Waals surface area contributed by atoms with Gasteiger partial charge in [-0.15, -0.1) is 0 Å². The van der Waals surface area contributed by atoms with Gasteiger partial charge < -0.3 is 9.47 Å². The lowest BCUT2D eigenvalue weighted by Gasteiger charge is -2.07. The van der Waals surface area contributed by atoms with E-state index in [-0.39, 0.29) is 17.9 Å². The molecule has 0 saturated carbocycles. The van der Waals surface area contributed by atoms with Gasteiger partial charge in [0, 0.05) is 0 Å². The highest BCUT2D eigenvalue weighted by atomic mass is 19.1. The monoisotopic (exact) mass is 210 g/mol. The molecule has 15 heavy (non-hydrogen) atoms. The van der Waals surface area contributed by atoms with E-state index >= 15 is 0 Å². The smallest absolute Gasteiger partial charge is 0.342 e. The molecular weight excluding hydrogens is 199 g/mol. The number of hydrogen-bond acceptors (Lipinski definition) is 3. The van der Waals surface area contributed by atoms with Crippen LogP contribution >= 0.6 is 0 Å². The first-order chi connectivity index (χ1) is 7.19. The van der Waals surface area contributed by atoms with Gasteiger partial charge in [-0.1, -0.05) is 12.7 Å². The highest BCUT2D eigenvalue weighted by Gasteiger charge is 2.14. The Labute approximate surface area is 87.1 Å². The molecule has 0 radical (unpaired) electrons. The summed E-state index contributed by atoms with van der Waals surface area (Å²) in [6, 6.07) is 3.66. The van der Waals surface area contributed by atoms with Crippen molar-refractivity contribution in [3.63, 3.8) is 0 Å². The summed E-state index contributed by atoms with van der Waals surface area (Å²) in [4.78, 5) is 11.4. The summed E-state index contributed by atoms with van der Waals surface area (Å²) in [6.45, 7) is 3.49. The quantitative estimate of drug-likeness (QED) is 0.564. The van der Waals surface area contributed by atoms with Crippen molar-refractivity contribution in [1.29, 1.82) is 0 Å². The molecule has 0 N–H and O–H groups in total. The predicted octanol–water partition coefficient (Wildman–Crippen LogP) is 2.18. The first kappa shape index (κ1) is 11.2. The summed E-state index contributed by atoms with van der Waals surface area (Å²) in [5.41, 5.74) is 0.0688. The third kappa shape index (κ3) is 2.80. The van der Waals surface area contributed by atoms with E-state index in [2.05, 4.69) is 6.58 Å². The largest absolute Gasteiger partial charge is 0.496 e. The van der Waals surface area contributed by atoms with Gasteiger partial charge in [-0.25, -0.2) is 9.18 Å². The Morgan fingerprint density at radius 1 is 1.60 bits per heavy atom. The third-order valence-electron chi connectivity index (χ3n) is 1.71. The fraction of sp³-hybridized carbons (Fsp3) is 0.182. The van der Waals surface area contributed by atoms with Gasteiger partial charge in [-0.05, 0) is 18.2 Å². The minimum absolute atomic E-state index is 0.0688. The van der Waals surface area contributed by atoms with E-state index in [0.717, 1.165) is 6.07 Å². The normalized spacial score (nSPS) is 9.47. The maximum Gasteiger partial charge on any atom is 0.342 e. The van der Waals surface area contributed by atoms with Crippen molar-refractivity contribution in [2.45, 2.75) is 0 Å². The van der Waals surface area contributed by atoms with Crippen LogP contribution in [0.1, 0.15) is 10.4 Å². The molecule has 4 heteroatoms. The molecule has 0 aliphatic carbocycles. The van der Waals surface area contributed by atoms with Crippen LogP contribution in [0.3, 0.4) is 0 Å². The molecule has 0 aliphatic heterocycles. The van der Waals surface area contributed by atoms with Gasteiger partial charge >= 0.3 is 5.97 Å². The molecule has 0 heterocycles. The van der Waals surface area contributed by atoms with Crippen molar-refractivity contribution in [3.05, 3.63) is 42.2 Å². The number of benzene rings is 1. The second-order valence-corrected chi connectivity index (χ2v) is 2.73. The number of halogens is 1. The molecule has 0 bridgehead atoms. The average Bonchev–Trinajstić information content (AvgIpc) is 2.25. The van der Waals surface area contributed by atoms with Crippen molar-refractivity contribution in [3.8, 4) is 5.75 Å². The second kappa shape index (κ2) is 5.14. The van der Waals surface area contributed by atoms with Crippen molar-refractivity contribution in [2.75, 3.05) is 13.7 Å². The number of esters is 1. The number of rotatable bonds is 4. The fourth-order valence-corrected chi connectivity index (χ4v) is 1.05. The number of hydrogen-bond donors (Lipinski definition) is 0. The number of carbonyl (C=O) groups excluding carboxylic acids is 1. The van der Waals surface area contributed by atoms with Crippen LogP contribution in [-0.2, 0) is 4.74 Å². The third-order valence-corrected chi connectivity index (χ3v) is 1.71. The molecule has 0 spiro atoms. The van der Waals surface area contributed by atoms with Gasteiger partial charge in [-0.2, -0.15) is 0 Å². The molecule has 0 saturated heterocycles. The number of carbonyl (C=O) groups is 1. The molecule has 0 aromatic heterocycles. The highest BCUT2D eigenvalue weighted by molar-refractivity contribution is 5.92. The van der Waals surface area contributed by atoms with Crippen molar-refractivity contribution in [2.24, 2.45) is 0 Å². The van der Waals surface area contributed by atoms with Crippen LogP contribution in [0.15, 0.2) is 30.9 Å². The molecule has 80 valence electrons. The van der Waals surface area contributed by atoms with Crippen LogP contribution in [0.4, 0.5) is 4.39 Å². The van der Waals surface area contributed by atoms with Crippen LogP contribution in [-0.4, -0.2) is 19.7 Å². The van der Waals surface area contributed by atoms with Crippen LogP contribution in [0.25, 0.3) is 0 Å². The van der Waals surface area contributed by atoms with Crippen LogP contribution in [0.5, 0.6) is 5.75 Å². The molecule has 0 fully saturated rings. The maximum atomic E-state index is 12.9. The number of ether oxygens (including phenoxy) is 2. The van der Waals surface area contributed by atoms with Crippen LogP contribution in [0.2, 0.25) is 0 Å². The zero-order valence-corrected chi connectivity index (χ0v) is 8.33. The van der Waals surface area contributed by atoms with Gasteiger partial charge in [-0.3, -0.25) is 0 Å².